The minimum Gasteiger partial charge on any atom is -0.507 e. The smallest absolute Gasteiger partial charge is 0.231 e. The number of benzene rings is 2. The van der Waals surface area contributed by atoms with Crippen LogP contribution in [0.2, 0.25) is 0 Å². The van der Waals surface area contributed by atoms with E-state index >= 15 is 0 Å². The van der Waals surface area contributed by atoms with E-state index in [2.05, 4.69) is 15.9 Å². The number of ketones is 1. The van der Waals surface area contributed by atoms with E-state index in [1.165, 1.54) is 17.7 Å². The molecule has 2 aliphatic heterocycles. The lowest BCUT2D eigenvalue weighted by Gasteiger charge is -2.15. The molecule has 2 aromatic carbocycles. The number of halogens is 1. The molecule has 0 unspecified atom stereocenters. The largest absolute Gasteiger partial charge is 0.507 e. The normalized spacial score (nSPS) is 18.6. The van der Waals surface area contributed by atoms with Crippen LogP contribution < -0.4 is 9.64 Å². The number of carbonyl (C=O) groups excluding carboxylic acids is 1. The average molecular weight is 401 g/mol. The fraction of sp³-hybridized carbons (Fsp3) is 0.250. The lowest BCUT2D eigenvalue weighted by molar-refractivity contribution is -0.901. The van der Waals surface area contributed by atoms with Gasteiger partial charge in [-0.05, 0) is 29.8 Å². The van der Waals surface area contributed by atoms with Crippen LogP contribution in [0.4, 0.5) is 0 Å². The summed E-state index contributed by atoms with van der Waals surface area (Å²) in [6, 6.07) is 10.9. The van der Waals surface area contributed by atoms with Crippen LogP contribution in [0.15, 0.2) is 46.6 Å². The van der Waals surface area contributed by atoms with Crippen LogP contribution in [0.1, 0.15) is 34.3 Å². The standard InChI is InChI=1S/C20H18BrNO3/c21-16-6-2-1-5-13(16)11-18-19(24)14-7-8-17(23)15(20(14)25-18)12-22-9-3-4-10-22/h1-2,5-8,11,23H,3-4,9-10,12H2/p+1/b18-11+. The number of quaternary nitrogens is 1. The lowest BCUT2D eigenvalue weighted by atomic mass is 10.0. The maximum atomic E-state index is 12.7. The van der Waals surface area contributed by atoms with Crippen molar-refractivity contribution in [3.8, 4) is 11.5 Å². The van der Waals surface area contributed by atoms with Crippen molar-refractivity contribution in [1.29, 1.82) is 0 Å². The molecule has 4 rings (SSSR count). The van der Waals surface area contributed by atoms with E-state index in [1.54, 1.807) is 18.2 Å². The second-order valence-electron chi connectivity index (χ2n) is 6.54. The first-order valence-corrected chi connectivity index (χ1v) is 9.30. The summed E-state index contributed by atoms with van der Waals surface area (Å²) >= 11 is 3.49. The first-order valence-electron chi connectivity index (χ1n) is 8.50. The van der Waals surface area contributed by atoms with Gasteiger partial charge in [0.05, 0.1) is 24.2 Å². The Bertz CT molecular complexity index is 869. The molecule has 0 spiro atoms. The zero-order valence-corrected chi connectivity index (χ0v) is 15.3. The van der Waals surface area contributed by atoms with E-state index < -0.39 is 0 Å². The number of phenols is 1. The number of fused-ring (bicyclic) bond motifs is 1. The van der Waals surface area contributed by atoms with Crippen LogP contribution in [0.3, 0.4) is 0 Å². The van der Waals surface area contributed by atoms with E-state index in [9.17, 15) is 9.90 Å². The summed E-state index contributed by atoms with van der Waals surface area (Å²) in [7, 11) is 0. The molecule has 128 valence electrons. The third-order valence-electron chi connectivity index (χ3n) is 4.85. The summed E-state index contributed by atoms with van der Waals surface area (Å²) in [4.78, 5) is 14.1. The molecular formula is C20H19BrNO3+. The third kappa shape index (κ3) is 3.10. The van der Waals surface area contributed by atoms with Gasteiger partial charge in [-0.3, -0.25) is 4.79 Å². The van der Waals surface area contributed by atoms with Crippen molar-refractivity contribution in [3.63, 3.8) is 0 Å². The molecule has 0 atom stereocenters. The minimum absolute atomic E-state index is 0.136. The SMILES string of the molecule is O=C1/C(=C\c2ccccc2Br)Oc2c1ccc(O)c2C[NH+]1CCCC1. The van der Waals surface area contributed by atoms with Crippen molar-refractivity contribution >= 4 is 27.8 Å². The number of aromatic hydroxyl groups is 1. The molecule has 2 aromatic rings. The minimum atomic E-state index is -0.136. The monoisotopic (exact) mass is 400 g/mol. The number of carbonyl (C=O) groups is 1. The molecule has 0 saturated carbocycles. The van der Waals surface area contributed by atoms with Crippen LogP contribution in [-0.4, -0.2) is 24.0 Å². The Balaban J connectivity index is 1.70. The Morgan fingerprint density at radius 2 is 1.92 bits per heavy atom. The highest BCUT2D eigenvalue weighted by Gasteiger charge is 2.33. The zero-order valence-electron chi connectivity index (χ0n) is 13.7. The fourth-order valence-corrected chi connectivity index (χ4v) is 3.90. The molecule has 0 aromatic heterocycles. The van der Waals surface area contributed by atoms with Gasteiger partial charge in [0.2, 0.25) is 5.78 Å². The Morgan fingerprint density at radius 3 is 2.68 bits per heavy atom. The quantitative estimate of drug-likeness (QED) is 0.778. The van der Waals surface area contributed by atoms with Crippen LogP contribution in [0.25, 0.3) is 6.08 Å². The molecule has 5 heteroatoms. The average Bonchev–Trinajstić information content (AvgIpc) is 3.21. The summed E-state index contributed by atoms with van der Waals surface area (Å²) in [5, 5.41) is 10.3. The second kappa shape index (κ2) is 6.65. The van der Waals surface area contributed by atoms with Gasteiger partial charge >= 0.3 is 0 Å². The zero-order chi connectivity index (χ0) is 17.4. The van der Waals surface area contributed by atoms with Gasteiger partial charge < -0.3 is 14.7 Å². The number of hydrogen-bond acceptors (Lipinski definition) is 3. The number of nitrogens with one attached hydrogen (secondary N) is 1. The predicted molar refractivity (Wildman–Crippen MR) is 98.8 cm³/mol. The predicted octanol–water partition coefficient (Wildman–Crippen LogP) is 2.95. The Kier molecular flexibility index (Phi) is 4.36. The van der Waals surface area contributed by atoms with Crippen LogP contribution in [0, 0.1) is 0 Å². The van der Waals surface area contributed by atoms with Crippen molar-refractivity contribution in [2.45, 2.75) is 19.4 Å². The molecule has 2 aliphatic rings. The molecule has 1 fully saturated rings. The summed E-state index contributed by atoms with van der Waals surface area (Å²) < 4.78 is 6.82. The lowest BCUT2D eigenvalue weighted by Crippen LogP contribution is -3.08. The van der Waals surface area contributed by atoms with Gasteiger partial charge in [0.25, 0.3) is 0 Å². The van der Waals surface area contributed by atoms with Gasteiger partial charge in [0.1, 0.15) is 12.3 Å². The number of likely N-dealkylation sites (tertiary alicyclic amines) is 1. The molecule has 0 radical (unpaired) electrons. The third-order valence-corrected chi connectivity index (χ3v) is 5.57. The molecule has 0 amide bonds. The highest BCUT2D eigenvalue weighted by Crippen LogP contribution is 2.39. The number of rotatable bonds is 3. The highest BCUT2D eigenvalue weighted by molar-refractivity contribution is 9.10. The van der Waals surface area contributed by atoms with E-state index in [0.29, 0.717) is 23.6 Å². The number of Topliss-reactive ketones (excluding diaryl/α,β-unsaturated/α-hetero) is 1. The fourth-order valence-electron chi connectivity index (χ4n) is 3.50. The number of allylic oxidation sites excluding steroid dienone is 1. The number of ether oxygens (including phenoxy) is 1. The molecule has 4 nitrogen and oxygen atoms in total. The molecular weight excluding hydrogens is 382 g/mol. The van der Waals surface area contributed by atoms with Gasteiger partial charge in [0.15, 0.2) is 11.5 Å². The summed E-state index contributed by atoms with van der Waals surface area (Å²) in [5.74, 6) is 0.879. The Hall–Kier alpha value is -2.11. The molecule has 0 aliphatic carbocycles. The topological polar surface area (TPSA) is 51.0 Å². The Morgan fingerprint density at radius 1 is 1.16 bits per heavy atom. The summed E-state index contributed by atoms with van der Waals surface area (Å²) in [6.45, 7) is 2.87. The second-order valence-corrected chi connectivity index (χ2v) is 7.39. The molecule has 1 saturated heterocycles. The first kappa shape index (κ1) is 16.4. The molecule has 2 N–H and O–H groups in total. The van der Waals surface area contributed by atoms with Crippen molar-refractivity contribution in [2.24, 2.45) is 0 Å². The first-order chi connectivity index (χ1) is 12.1. The van der Waals surface area contributed by atoms with Gasteiger partial charge in [-0.25, -0.2) is 0 Å². The van der Waals surface area contributed by atoms with Crippen molar-refractivity contribution in [3.05, 3.63) is 63.3 Å². The van der Waals surface area contributed by atoms with Crippen molar-refractivity contribution in [2.75, 3.05) is 13.1 Å². The number of hydrogen-bond donors (Lipinski definition) is 2. The van der Waals surface area contributed by atoms with E-state index in [1.807, 2.05) is 24.3 Å². The van der Waals surface area contributed by atoms with Crippen LogP contribution in [0.5, 0.6) is 11.5 Å². The highest BCUT2D eigenvalue weighted by atomic mass is 79.9. The Labute approximate surface area is 154 Å². The van der Waals surface area contributed by atoms with E-state index in [-0.39, 0.29) is 11.5 Å². The number of phenolic OH excluding ortho intramolecular Hbond substituents is 1. The van der Waals surface area contributed by atoms with Gasteiger partial charge in [-0.15, -0.1) is 0 Å². The molecule has 25 heavy (non-hydrogen) atoms. The van der Waals surface area contributed by atoms with Crippen molar-refractivity contribution in [1.82, 2.24) is 0 Å². The van der Waals surface area contributed by atoms with E-state index in [0.717, 1.165) is 28.7 Å². The van der Waals surface area contributed by atoms with E-state index in [4.69, 9.17) is 4.74 Å². The van der Waals surface area contributed by atoms with Gasteiger partial charge in [-0.2, -0.15) is 0 Å². The maximum absolute atomic E-state index is 12.7. The van der Waals surface area contributed by atoms with Gasteiger partial charge in [0, 0.05) is 17.3 Å². The van der Waals surface area contributed by atoms with Crippen molar-refractivity contribution < 1.29 is 19.5 Å². The van der Waals surface area contributed by atoms with Gasteiger partial charge in [-0.1, -0.05) is 34.1 Å². The summed E-state index contributed by atoms with van der Waals surface area (Å²) in [5.41, 5.74) is 2.15. The maximum Gasteiger partial charge on any atom is 0.231 e. The van der Waals surface area contributed by atoms with Crippen LogP contribution >= 0.6 is 15.9 Å². The summed E-state index contributed by atoms with van der Waals surface area (Å²) in [6.07, 6.45) is 4.16. The molecule has 0 bridgehead atoms. The van der Waals surface area contributed by atoms with Crippen LogP contribution in [-0.2, 0) is 6.54 Å². The molecule has 2 heterocycles.